The summed E-state index contributed by atoms with van der Waals surface area (Å²) >= 11 is 3.41. The number of amides is 3. The summed E-state index contributed by atoms with van der Waals surface area (Å²) in [5.41, 5.74) is 1.78. The predicted molar refractivity (Wildman–Crippen MR) is 83.8 cm³/mol. The van der Waals surface area contributed by atoms with Crippen molar-refractivity contribution in [2.24, 2.45) is 5.92 Å². The summed E-state index contributed by atoms with van der Waals surface area (Å²) in [7, 11) is 3.25. The Labute approximate surface area is 127 Å². The van der Waals surface area contributed by atoms with Crippen LogP contribution in [-0.4, -0.2) is 37.5 Å². The van der Waals surface area contributed by atoms with Gasteiger partial charge in [0.05, 0.1) is 5.92 Å². The van der Waals surface area contributed by atoms with Gasteiger partial charge in [-0.15, -0.1) is 0 Å². The number of carbonyl (C=O) groups excluding carboxylic acids is 2. The Morgan fingerprint density at radius 1 is 1.40 bits per heavy atom. The van der Waals surface area contributed by atoms with Crippen LogP contribution in [0.1, 0.15) is 12.5 Å². The van der Waals surface area contributed by atoms with Crippen molar-refractivity contribution in [1.82, 2.24) is 10.2 Å². The molecule has 0 aliphatic rings. The van der Waals surface area contributed by atoms with E-state index in [1.54, 1.807) is 21.0 Å². The fraction of sp³-hybridized carbons (Fsp3) is 0.429. The molecule has 0 aliphatic heterocycles. The van der Waals surface area contributed by atoms with Gasteiger partial charge in [-0.1, -0.05) is 22.9 Å². The molecule has 0 unspecified atom stereocenters. The maximum Gasteiger partial charge on any atom is 0.321 e. The lowest BCUT2D eigenvalue weighted by Gasteiger charge is -2.21. The highest BCUT2D eigenvalue weighted by atomic mass is 79.9. The minimum absolute atomic E-state index is 0.0795. The maximum absolute atomic E-state index is 12.0. The number of hydrogen-bond acceptors (Lipinski definition) is 2. The van der Waals surface area contributed by atoms with Crippen LogP contribution in [0.25, 0.3) is 0 Å². The van der Waals surface area contributed by atoms with E-state index in [0.29, 0.717) is 6.54 Å². The SMILES string of the molecule is CNC(=O)[C@H](C)CN(C)C(=O)Nc1ccc(Br)c(C)c1. The molecule has 1 aromatic rings. The average molecular weight is 342 g/mol. The van der Waals surface area contributed by atoms with Gasteiger partial charge in [-0.2, -0.15) is 0 Å². The van der Waals surface area contributed by atoms with Crippen LogP contribution in [0.15, 0.2) is 22.7 Å². The monoisotopic (exact) mass is 341 g/mol. The van der Waals surface area contributed by atoms with Crippen molar-refractivity contribution in [1.29, 1.82) is 0 Å². The first kappa shape index (κ1) is 16.5. The summed E-state index contributed by atoms with van der Waals surface area (Å²) in [6.45, 7) is 4.10. The molecule has 0 radical (unpaired) electrons. The van der Waals surface area contributed by atoms with Gasteiger partial charge in [0, 0.05) is 30.8 Å². The van der Waals surface area contributed by atoms with Crippen molar-refractivity contribution >= 4 is 33.6 Å². The third-order valence-corrected chi connectivity index (χ3v) is 3.89. The number of rotatable bonds is 4. The lowest BCUT2D eigenvalue weighted by atomic mass is 10.1. The fourth-order valence-electron chi connectivity index (χ4n) is 1.76. The van der Waals surface area contributed by atoms with Crippen molar-refractivity contribution in [3.63, 3.8) is 0 Å². The first-order valence-corrected chi connectivity index (χ1v) is 7.14. The van der Waals surface area contributed by atoms with Gasteiger partial charge in [0.2, 0.25) is 5.91 Å². The van der Waals surface area contributed by atoms with Crippen molar-refractivity contribution in [2.75, 3.05) is 26.0 Å². The van der Waals surface area contributed by atoms with E-state index in [4.69, 9.17) is 0 Å². The molecule has 1 atom stereocenters. The normalized spacial score (nSPS) is 11.7. The summed E-state index contributed by atoms with van der Waals surface area (Å²) < 4.78 is 0.997. The molecule has 0 aromatic heterocycles. The second-order valence-electron chi connectivity index (χ2n) is 4.79. The molecule has 110 valence electrons. The molecule has 0 fully saturated rings. The molecule has 0 bridgehead atoms. The van der Waals surface area contributed by atoms with Crippen LogP contribution < -0.4 is 10.6 Å². The lowest BCUT2D eigenvalue weighted by Crippen LogP contribution is -2.39. The van der Waals surface area contributed by atoms with E-state index in [1.165, 1.54) is 4.90 Å². The van der Waals surface area contributed by atoms with E-state index in [-0.39, 0.29) is 17.9 Å². The summed E-state index contributed by atoms with van der Waals surface area (Å²) in [5.74, 6) is -0.327. The molecule has 0 spiro atoms. The van der Waals surface area contributed by atoms with Crippen molar-refractivity contribution in [2.45, 2.75) is 13.8 Å². The van der Waals surface area contributed by atoms with E-state index < -0.39 is 0 Å². The molecular weight excluding hydrogens is 322 g/mol. The van der Waals surface area contributed by atoms with E-state index in [0.717, 1.165) is 15.7 Å². The van der Waals surface area contributed by atoms with E-state index in [1.807, 2.05) is 25.1 Å². The van der Waals surface area contributed by atoms with Gasteiger partial charge in [-0.3, -0.25) is 4.79 Å². The number of aryl methyl sites for hydroxylation is 1. The molecule has 1 rings (SSSR count). The Bertz CT molecular complexity index is 505. The van der Waals surface area contributed by atoms with Crippen molar-refractivity contribution < 1.29 is 9.59 Å². The molecule has 6 heteroatoms. The first-order valence-electron chi connectivity index (χ1n) is 6.35. The van der Waals surface area contributed by atoms with Crippen molar-refractivity contribution in [3.05, 3.63) is 28.2 Å². The summed E-state index contributed by atoms with van der Waals surface area (Å²) in [4.78, 5) is 25.0. The van der Waals surface area contributed by atoms with Crippen LogP contribution >= 0.6 is 15.9 Å². The standard InChI is InChI=1S/C14H20BrN3O2/c1-9-7-11(5-6-12(9)15)17-14(20)18(4)8-10(2)13(19)16-3/h5-7,10H,8H2,1-4H3,(H,16,19)(H,17,20)/t10-/m1/s1. The van der Waals surface area contributed by atoms with Crippen LogP contribution in [-0.2, 0) is 4.79 Å². The Morgan fingerprint density at radius 3 is 2.60 bits per heavy atom. The maximum atomic E-state index is 12.0. The van der Waals surface area contributed by atoms with Gasteiger partial charge in [-0.05, 0) is 30.7 Å². The molecule has 20 heavy (non-hydrogen) atoms. The molecule has 0 saturated carbocycles. The number of nitrogens with zero attached hydrogens (tertiary/aromatic N) is 1. The predicted octanol–water partition coefficient (Wildman–Crippen LogP) is 2.60. The van der Waals surface area contributed by atoms with Gasteiger partial charge in [0.15, 0.2) is 0 Å². The summed E-state index contributed by atoms with van der Waals surface area (Å²) in [5, 5.41) is 5.38. The molecule has 1 aromatic carbocycles. The first-order chi connectivity index (χ1) is 9.35. The van der Waals surface area contributed by atoms with Crippen LogP contribution in [0, 0.1) is 12.8 Å². The molecule has 2 N–H and O–H groups in total. The molecule has 0 aliphatic carbocycles. The minimum atomic E-state index is -0.248. The molecule has 0 saturated heterocycles. The molecule has 5 nitrogen and oxygen atoms in total. The zero-order chi connectivity index (χ0) is 15.3. The van der Waals surface area contributed by atoms with Crippen LogP contribution in [0.2, 0.25) is 0 Å². The van der Waals surface area contributed by atoms with E-state index >= 15 is 0 Å². The lowest BCUT2D eigenvalue weighted by molar-refractivity contribution is -0.124. The minimum Gasteiger partial charge on any atom is -0.359 e. The fourth-order valence-corrected chi connectivity index (χ4v) is 2.01. The van der Waals surface area contributed by atoms with Gasteiger partial charge >= 0.3 is 6.03 Å². The second kappa shape index (κ2) is 7.28. The third kappa shape index (κ3) is 4.52. The Hall–Kier alpha value is -1.56. The van der Waals surface area contributed by atoms with Gasteiger partial charge in [0.25, 0.3) is 0 Å². The van der Waals surface area contributed by atoms with Crippen LogP contribution in [0.3, 0.4) is 0 Å². The largest absolute Gasteiger partial charge is 0.359 e. The number of hydrogen-bond donors (Lipinski definition) is 2. The zero-order valence-electron chi connectivity index (χ0n) is 12.2. The van der Waals surface area contributed by atoms with Gasteiger partial charge in [-0.25, -0.2) is 4.79 Å². The summed E-state index contributed by atoms with van der Waals surface area (Å²) in [6, 6.07) is 5.36. The number of nitrogens with one attached hydrogen (secondary N) is 2. The summed E-state index contributed by atoms with van der Waals surface area (Å²) in [6.07, 6.45) is 0. The molecule has 3 amide bonds. The van der Waals surface area contributed by atoms with Gasteiger partial charge < -0.3 is 15.5 Å². The number of halogens is 1. The average Bonchev–Trinajstić information content (AvgIpc) is 2.41. The van der Waals surface area contributed by atoms with Gasteiger partial charge in [0.1, 0.15) is 0 Å². The smallest absolute Gasteiger partial charge is 0.321 e. The Kier molecular flexibility index (Phi) is 6.01. The molecular formula is C14H20BrN3O2. The highest BCUT2D eigenvalue weighted by Crippen LogP contribution is 2.20. The third-order valence-electron chi connectivity index (χ3n) is 3.00. The number of urea groups is 1. The van der Waals surface area contributed by atoms with E-state index in [9.17, 15) is 9.59 Å². The highest BCUT2D eigenvalue weighted by molar-refractivity contribution is 9.10. The van der Waals surface area contributed by atoms with Crippen molar-refractivity contribution in [3.8, 4) is 0 Å². The number of benzene rings is 1. The molecule has 0 heterocycles. The quantitative estimate of drug-likeness (QED) is 0.884. The number of anilines is 1. The Balaban J connectivity index is 2.61. The number of carbonyl (C=O) groups is 2. The highest BCUT2D eigenvalue weighted by Gasteiger charge is 2.17. The van der Waals surface area contributed by atoms with Crippen LogP contribution in [0.5, 0.6) is 0 Å². The second-order valence-corrected chi connectivity index (χ2v) is 5.64. The Morgan fingerprint density at radius 2 is 2.05 bits per heavy atom. The zero-order valence-corrected chi connectivity index (χ0v) is 13.7. The van der Waals surface area contributed by atoms with Crippen LogP contribution in [0.4, 0.5) is 10.5 Å². The van der Waals surface area contributed by atoms with E-state index in [2.05, 4.69) is 26.6 Å². The topological polar surface area (TPSA) is 61.4 Å².